The summed E-state index contributed by atoms with van der Waals surface area (Å²) in [6, 6.07) is 7.77. The Labute approximate surface area is 173 Å². The summed E-state index contributed by atoms with van der Waals surface area (Å²) in [7, 11) is 0. The number of carbonyl (C=O) groups is 1. The molecule has 0 aliphatic heterocycles. The molecule has 1 saturated carbocycles. The normalized spacial score (nSPS) is 14.7. The molecule has 4 N–H and O–H groups in total. The molecular formula is C21H25N5O2S. The number of amides is 1. The molecule has 0 unspecified atom stereocenters. The lowest BCUT2D eigenvalue weighted by Gasteiger charge is -2.12. The van der Waals surface area contributed by atoms with E-state index in [2.05, 4.69) is 33.4 Å². The zero-order valence-corrected chi connectivity index (χ0v) is 17.4. The summed E-state index contributed by atoms with van der Waals surface area (Å²) in [5.74, 6) is 1.03. The zero-order chi connectivity index (χ0) is 20.4. The van der Waals surface area contributed by atoms with Gasteiger partial charge in [0.05, 0.1) is 5.39 Å². The van der Waals surface area contributed by atoms with Gasteiger partial charge in [0.15, 0.2) is 0 Å². The number of H-pyrrole nitrogens is 1. The summed E-state index contributed by atoms with van der Waals surface area (Å²) < 4.78 is 5.80. The Hall–Kier alpha value is -2.58. The molecule has 0 spiro atoms. The molecular weight excluding hydrogens is 386 g/mol. The lowest BCUT2D eigenvalue weighted by atomic mass is 9.99. The fraction of sp³-hybridized carbons (Fsp3) is 0.381. The second kappa shape index (κ2) is 8.04. The average molecular weight is 412 g/mol. The number of anilines is 1. The first-order chi connectivity index (χ1) is 14.0. The highest BCUT2D eigenvalue weighted by Crippen LogP contribution is 2.50. The minimum absolute atomic E-state index is 0.0621. The van der Waals surface area contributed by atoms with Crippen molar-refractivity contribution in [3.05, 3.63) is 47.4 Å². The van der Waals surface area contributed by atoms with Gasteiger partial charge in [0.25, 0.3) is 5.91 Å². The van der Waals surface area contributed by atoms with Crippen LogP contribution in [0, 0.1) is 0 Å². The van der Waals surface area contributed by atoms with Crippen LogP contribution in [-0.4, -0.2) is 40.3 Å². The van der Waals surface area contributed by atoms with Crippen LogP contribution in [0.25, 0.3) is 11.0 Å². The molecule has 2 heterocycles. The summed E-state index contributed by atoms with van der Waals surface area (Å²) in [4.78, 5) is 24.9. The molecule has 0 radical (unpaired) electrons. The Balaban J connectivity index is 1.63. The highest BCUT2D eigenvalue weighted by Gasteiger charge is 2.42. The van der Waals surface area contributed by atoms with Gasteiger partial charge in [-0.15, -0.1) is 0 Å². The summed E-state index contributed by atoms with van der Waals surface area (Å²) >= 11 is 1.75. The summed E-state index contributed by atoms with van der Waals surface area (Å²) in [5, 5.41) is 3.70. The van der Waals surface area contributed by atoms with Gasteiger partial charge in [-0.3, -0.25) is 4.79 Å². The van der Waals surface area contributed by atoms with E-state index in [1.54, 1.807) is 11.8 Å². The Kier molecular flexibility index (Phi) is 5.47. The molecule has 8 heteroatoms. The van der Waals surface area contributed by atoms with Gasteiger partial charge in [-0.1, -0.05) is 19.1 Å². The van der Waals surface area contributed by atoms with Gasteiger partial charge < -0.3 is 20.8 Å². The monoisotopic (exact) mass is 411 g/mol. The lowest BCUT2D eigenvalue weighted by Crippen LogP contribution is -2.18. The van der Waals surface area contributed by atoms with E-state index >= 15 is 0 Å². The van der Waals surface area contributed by atoms with E-state index in [9.17, 15) is 4.79 Å². The van der Waals surface area contributed by atoms with Crippen LogP contribution in [0.1, 0.15) is 41.5 Å². The Bertz CT molecular complexity index is 1030. The van der Waals surface area contributed by atoms with E-state index < -0.39 is 0 Å². The molecule has 0 saturated heterocycles. The Morgan fingerprint density at radius 2 is 2.07 bits per heavy atom. The van der Waals surface area contributed by atoms with Gasteiger partial charge in [-0.2, -0.15) is 16.7 Å². The van der Waals surface area contributed by atoms with Crippen molar-refractivity contribution < 1.29 is 9.53 Å². The van der Waals surface area contributed by atoms with Gasteiger partial charge in [0.2, 0.25) is 11.7 Å². The quantitative estimate of drug-likeness (QED) is 0.524. The third kappa shape index (κ3) is 4.09. The third-order valence-electron chi connectivity index (χ3n) is 5.23. The molecule has 1 aliphatic carbocycles. The summed E-state index contributed by atoms with van der Waals surface area (Å²) in [5.41, 5.74) is 9.37. The summed E-state index contributed by atoms with van der Waals surface area (Å²) in [6.07, 6.45) is 6.24. The van der Waals surface area contributed by atoms with Crippen molar-refractivity contribution >= 4 is 34.4 Å². The molecule has 29 heavy (non-hydrogen) atoms. The molecule has 4 rings (SSSR count). The number of nitrogens with zero attached hydrogens (tertiary/aromatic N) is 2. The first-order valence-corrected chi connectivity index (χ1v) is 11.0. The number of nitrogens with two attached hydrogens (primary N) is 1. The number of thioether (sulfide) groups is 1. The number of aromatic nitrogens is 3. The number of nitrogens with one attached hydrogen (secondary N) is 2. The van der Waals surface area contributed by atoms with Crippen molar-refractivity contribution in [3.8, 4) is 5.88 Å². The number of rotatable bonds is 8. The molecule has 3 aromatic rings. The molecule has 0 bridgehead atoms. The van der Waals surface area contributed by atoms with Crippen molar-refractivity contribution in [2.45, 2.75) is 30.9 Å². The van der Waals surface area contributed by atoms with Crippen molar-refractivity contribution in [3.63, 3.8) is 0 Å². The predicted molar refractivity (Wildman–Crippen MR) is 117 cm³/mol. The standard InChI is InChI=1S/C21H25N5O2S/c1-21(7-8-21)15-11-23-17-16(15)20(28-10-9-22)26-18(25-17)19(27)24-14-5-3-13(4-6-14)12-29-2/h3-6,11H,7-10,12,22H2,1-2H3,(H,24,27)(H,23,25,26). The van der Waals surface area contributed by atoms with Crippen molar-refractivity contribution in [1.82, 2.24) is 15.0 Å². The minimum Gasteiger partial charge on any atom is -0.476 e. The number of ether oxygens (including phenoxy) is 1. The van der Waals surface area contributed by atoms with E-state index in [-0.39, 0.29) is 17.1 Å². The molecule has 1 aliphatic rings. The van der Waals surface area contributed by atoms with Gasteiger partial charge in [-0.25, -0.2) is 4.98 Å². The molecule has 152 valence electrons. The smallest absolute Gasteiger partial charge is 0.293 e. The first-order valence-electron chi connectivity index (χ1n) is 9.66. The molecule has 1 aromatic carbocycles. The molecule has 1 fully saturated rings. The number of aromatic amines is 1. The molecule has 0 atom stereocenters. The summed E-state index contributed by atoms with van der Waals surface area (Å²) in [6.45, 7) is 2.90. The van der Waals surface area contributed by atoms with Gasteiger partial charge in [0.1, 0.15) is 12.3 Å². The highest BCUT2D eigenvalue weighted by atomic mass is 32.2. The van der Waals surface area contributed by atoms with Gasteiger partial charge >= 0.3 is 0 Å². The Morgan fingerprint density at radius 3 is 2.72 bits per heavy atom. The van der Waals surface area contributed by atoms with Crippen LogP contribution in [0.2, 0.25) is 0 Å². The predicted octanol–water partition coefficient (Wildman–Crippen LogP) is 3.46. The molecule has 2 aromatic heterocycles. The number of benzene rings is 1. The largest absolute Gasteiger partial charge is 0.476 e. The number of carbonyl (C=O) groups excluding carboxylic acids is 1. The topological polar surface area (TPSA) is 106 Å². The van der Waals surface area contributed by atoms with Crippen molar-refractivity contribution in [1.29, 1.82) is 0 Å². The van der Waals surface area contributed by atoms with E-state index in [0.717, 1.165) is 29.5 Å². The SMILES string of the molecule is CSCc1ccc(NC(=O)c2nc(OCCN)c3c(C4(C)CC4)c[nH]c3n2)cc1. The van der Waals surface area contributed by atoms with Gasteiger partial charge in [0, 0.05) is 24.2 Å². The van der Waals surface area contributed by atoms with Crippen LogP contribution in [0.5, 0.6) is 5.88 Å². The molecule has 7 nitrogen and oxygen atoms in total. The van der Waals surface area contributed by atoms with Crippen molar-refractivity contribution in [2.24, 2.45) is 5.73 Å². The maximum atomic E-state index is 12.8. The van der Waals surface area contributed by atoms with E-state index in [1.165, 1.54) is 5.56 Å². The zero-order valence-electron chi connectivity index (χ0n) is 16.6. The highest BCUT2D eigenvalue weighted by molar-refractivity contribution is 7.97. The second-order valence-electron chi connectivity index (χ2n) is 7.56. The maximum Gasteiger partial charge on any atom is 0.293 e. The fourth-order valence-electron chi connectivity index (χ4n) is 3.33. The first kappa shape index (κ1) is 19.7. The van der Waals surface area contributed by atoms with E-state index in [0.29, 0.717) is 30.4 Å². The van der Waals surface area contributed by atoms with Crippen molar-refractivity contribution in [2.75, 3.05) is 24.7 Å². The molecule has 1 amide bonds. The fourth-order valence-corrected chi connectivity index (χ4v) is 3.86. The number of hydrogen-bond acceptors (Lipinski definition) is 6. The van der Waals surface area contributed by atoms with Crippen LogP contribution in [-0.2, 0) is 11.2 Å². The van der Waals surface area contributed by atoms with Crippen LogP contribution in [0.15, 0.2) is 30.5 Å². The van der Waals surface area contributed by atoms with E-state index in [1.807, 2.05) is 30.5 Å². The van der Waals surface area contributed by atoms with Crippen LogP contribution >= 0.6 is 11.8 Å². The van der Waals surface area contributed by atoms with Crippen LogP contribution < -0.4 is 15.8 Å². The third-order valence-corrected chi connectivity index (χ3v) is 5.85. The minimum atomic E-state index is -0.379. The Morgan fingerprint density at radius 1 is 1.31 bits per heavy atom. The van der Waals surface area contributed by atoms with Gasteiger partial charge in [-0.05, 0) is 47.8 Å². The maximum absolute atomic E-state index is 12.8. The van der Waals surface area contributed by atoms with Crippen LogP contribution in [0.4, 0.5) is 5.69 Å². The second-order valence-corrected chi connectivity index (χ2v) is 8.43. The van der Waals surface area contributed by atoms with Crippen LogP contribution in [0.3, 0.4) is 0 Å². The van der Waals surface area contributed by atoms with E-state index in [4.69, 9.17) is 10.5 Å². The lowest BCUT2D eigenvalue weighted by molar-refractivity contribution is 0.101. The number of fused-ring (bicyclic) bond motifs is 1. The average Bonchev–Trinajstić information content (AvgIpc) is 3.31. The number of hydrogen-bond donors (Lipinski definition) is 3.